The number of hydrogen-bond acceptors (Lipinski definition) is 3. The van der Waals surface area contributed by atoms with Crippen LogP contribution in [0.1, 0.15) is 40.0 Å². The molecule has 0 amide bonds. The van der Waals surface area contributed by atoms with E-state index in [4.69, 9.17) is 4.98 Å². The van der Waals surface area contributed by atoms with E-state index in [0.29, 0.717) is 30.0 Å². The Kier molecular flexibility index (Phi) is 6.45. The van der Waals surface area contributed by atoms with Gasteiger partial charge >= 0.3 is 0 Å². The Morgan fingerprint density at radius 1 is 0.938 bits per heavy atom. The summed E-state index contributed by atoms with van der Waals surface area (Å²) >= 11 is 0. The Labute approximate surface area is 188 Å². The Morgan fingerprint density at radius 2 is 1.59 bits per heavy atom. The lowest BCUT2D eigenvalue weighted by Crippen LogP contribution is -2.18. The summed E-state index contributed by atoms with van der Waals surface area (Å²) in [7, 11) is 1.74. The maximum absolute atomic E-state index is 12.9. The molecule has 2 aromatic carbocycles. The monoisotopic (exact) mass is 425 g/mol. The van der Waals surface area contributed by atoms with E-state index >= 15 is 0 Å². The number of carbonyl (C=O) groups is 1. The van der Waals surface area contributed by atoms with Gasteiger partial charge in [-0.25, -0.2) is 4.98 Å². The van der Waals surface area contributed by atoms with Crippen LogP contribution >= 0.6 is 0 Å². The third kappa shape index (κ3) is 4.94. The molecular formula is C27H27N3O2. The van der Waals surface area contributed by atoms with Crippen LogP contribution in [0.2, 0.25) is 0 Å². The van der Waals surface area contributed by atoms with Gasteiger partial charge in [-0.05, 0) is 37.0 Å². The van der Waals surface area contributed by atoms with Crippen LogP contribution in [0.15, 0.2) is 83.9 Å². The van der Waals surface area contributed by atoms with E-state index in [9.17, 15) is 9.59 Å². The van der Waals surface area contributed by atoms with Crippen molar-refractivity contribution in [2.45, 2.75) is 32.7 Å². The van der Waals surface area contributed by atoms with Gasteiger partial charge in [-0.15, -0.1) is 0 Å². The summed E-state index contributed by atoms with van der Waals surface area (Å²) < 4.78 is 3.56. The van der Waals surface area contributed by atoms with Crippen molar-refractivity contribution < 1.29 is 4.79 Å². The molecule has 0 aliphatic rings. The Bertz CT molecular complexity index is 1250. The summed E-state index contributed by atoms with van der Waals surface area (Å²) in [6, 6.07) is 22.1. The summed E-state index contributed by atoms with van der Waals surface area (Å²) in [4.78, 5) is 29.8. The number of pyridine rings is 1. The van der Waals surface area contributed by atoms with Gasteiger partial charge < -0.3 is 9.13 Å². The van der Waals surface area contributed by atoms with E-state index in [1.165, 1.54) is 5.56 Å². The highest BCUT2D eigenvalue weighted by Gasteiger charge is 2.17. The molecule has 0 saturated heterocycles. The highest BCUT2D eigenvalue weighted by Crippen LogP contribution is 2.21. The van der Waals surface area contributed by atoms with Crippen LogP contribution in [0.5, 0.6) is 0 Å². The molecule has 0 spiro atoms. The van der Waals surface area contributed by atoms with Crippen molar-refractivity contribution in [2.24, 2.45) is 7.05 Å². The van der Waals surface area contributed by atoms with Crippen LogP contribution in [0.25, 0.3) is 11.4 Å². The number of carbonyl (C=O) groups excluding carboxylic acids is 1. The van der Waals surface area contributed by atoms with Gasteiger partial charge in [0.1, 0.15) is 11.5 Å². The van der Waals surface area contributed by atoms with Crippen molar-refractivity contribution in [3.63, 3.8) is 0 Å². The van der Waals surface area contributed by atoms with Crippen molar-refractivity contribution in [1.29, 1.82) is 0 Å². The van der Waals surface area contributed by atoms with E-state index in [2.05, 4.69) is 24.3 Å². The topological polar surface area (TPSA) is 56.9 Å². The minimum atomic E-state index is -0.0351. The molecule has 0 aliphatic heterocycles. The number of aromatic nitrogens is 3. The predicted octanol–water partition coefficient (Wildman–Crippen LogP) is 4.81. The quantitative estimate of drug-likeness (QED) is 0.381. The standard InChI is InChI=1S/C27H27N3O2/c1-20-16-23(18-29(2)27(20)32)26-28-24(19-30(26)17-22-12-7-4-8-13-22)25(31)15-9-14-21-10-5-3-6-11-21/h3-8,10-13,16,18-19H,9,14-15,17H2,1-2H3. The Hall–Kier alpha value is -3.73. The second kappa shape index (κ2) is 9.60. The molecule has 0 bridgehead atoms. The highest BCUT2D eigenvalue weighted by molar-refractivity contribution is 5.94. The van der Waals surface area contributed by atoms with Gasteiger partial charge in [-0.3, -0.25) is 9.59 Å². The molecule has 5 heteroatoms. The minimum Gasteiger partial charge on any atom is -0.326 e. The molecule has 162 valence electrons. The maximum Gasteiger partial charge on any atom is 0.253 e. The Morgan fingerprint density at radius 3 is 2.25 bits per heavy atom. The van der Waals surface area contributed by atoms with Gasteiger partial charge in [-0.1, -0.05) is 60.7 Å². The maximum atomic E-state index is 12.9. The zero-order valence-electron chi connectivity index (χ0n) is 18.5. The number of aryl methyl sites for hydroxylation is 3. The molecule has 2 heterocycles. The first-order chi connectivity index (χ1) is 15.5. The second-order valence-electron chi connectivity index (χ2n) is 8.15. The first-order valence-corrected chi connectivity index (χ1v) is 10.9. The number of rotatable bonds is 8. The fourth-order valence-corrected chi connectivity index (χ4v) is 3.91. The van der Waals surface area contributed by atoms with Crippen LogP contribution in [0, 0.1) is 6.92 Å². The van der Waals surface area contributed by atoms with Crippen LogP contribution < -0.4 is 5.56 Å². The molecule has 5 nitrogen and oxygen atoms in total. The van der Waals surface area contributed by atoms with Gasteiger partial charge in [0.15, 0.2) is 5.78 Å². The molecule has 0 atom stereocenters. The number of hydrogen-bond donors (Lipinski definition) is 0. The molecule has 0 N–H and O–H groups in total. The van der Waals surface area contributed by atoms with Gasteiger partial charge in [0.25, 0.3) is 5.56 Å². The summed E-state index contributed by atoms with van der Waals surface area (Å²) in [6.07, 6.45) is 5.71. The van der Waals surface area contributed by atoms with Gasteiger partial charge in [-0.2, -0.15) is 0 Å². The molecule has 4 rings (SSSR count). The number of benzene rings is 2. The van der Waals surface area contributed by atoms with E-state index in [1.807, 2.05) is 53.2 Å². The molecule has 0 unspecified atom stereocenters. The summed E-state index contributed by atoms with van der Waals surface area (Å²) in [5.41, 5.74) is 4.26. The van der Waals surface area contributed by atoms with Crippen molar-refractivity contribution in [2.75, 3.05) is 0 Å². The second-order valence-corrected chi connectivity index (χ2v) is 8.15. The Balaban J connectivity index is 1.61. The third-order valence-electron chi connectivity index (χ3n) is 5.59. The van der Waals surface area contributed by atoms with Crippen LogP contribution in [0.4, 0.5) is 0 Å². The molecule has 32 heavy (non-hydrogen) atoms. The average Bonchev–Trinajstić information content (AvgIpc) is 3.22. The van der Waals surface area contributed by atoms with Crippen molar-refractivity contribution in [3.8, 4) is 11.4 Å². The summed E-state index contributed by atoms with van der Waals surface area (Å²) in [5, 5.41) is 0. The van der Waals surface area contributed by atoms with Gasteiger partial charge in [0.05, 0.1) is 0 Å². The molecular weight excluding hydrogens is 398 g/mol. The largest absolute Gasteiger partial charge is 0.326 e. The fourth-order valence-electron chi connectivity index (χ4n) is 3.91. The molecule has 0 aliphatic carbocycles. The molecule has 0 saturated carbocycles. The zero-order valence-corrected chi connectivity index (χ0v) is 18.5. The zero-order chi connectivity index (χ0) is 22.5. The lowest BCUT2D eigenvalue weighted by molar-refractivity contribution is 0.0976. The SMILES string of the molecule is Cc1cc(-c2nc(C(=O)CCCc3ccccc3)cn2Cc2ccccc2)cn(C)c1=O. The van der Waals surface area contributed by atoms with Crippen molar-refractivity contribution in [3.05, 3.63) is 112 Å². The molecule has 2 aromatic heterocycles. The summed E-state index contributed by atoms with van der Waals surface area (Å²) in [5.74, 6) is 0.731. The van der Waals surface area contributed by atoms with Crippen LogP contribution in [-0.4, -0.2) is 19.9 Å². The lowest BCUT2D eigenvalue weighted by atomic mass is 10.1. The number of nitrogens with zero attached hydrogens (tertiary/aromatic N) is 3. The minimum absolute atomic E-state index is 0.0351. The van der Waals surface area contributed by atoms with Crippen LogP contribution in [0.3, 0.4) is 0 Å². The first kappa shape index (κ1) is 21.5. The average molecular weight is 426 g/mol. The predicted molar refractivity (Wildman–Crippen MR) is 127 cm³/mol. The smallest absolute Gasteiger partial charge is 0.253 e. The van der Waals surface area contributed by atoms with Gasteiger partial charge in [0, 0.05) is 43.5 Å². The van der Waals surface area contributed by atoms with E-state index in [0.717, 1.165) is 24.0 Å². The first-order valence-electron chi connectivity index (χ1n) is 10.9. The van der Waals surface area contributed by atoms with E-state index < -0.39 is 0 Å². The summed E-state index contributed by atoms with van der Waals surface area (Å²) in [6.45, 7) is 2.40. The van der Waals surface area contributed by atoms with Crippen LogP contribution in [-0.2, 0) is 20.0 Å². The number of Topliss-reactive ketones (excluding diaryl/α,β-unsaturated/α-hetero) is 1. The molecule has 0 fully saturated rings. The highest BCUT2D eigenvalue weighted by atomic mass is 16.1. The third-order valence-corrected chi connectivity index (χ3v) is 5.59. The molecule has 0 radical (unpaired) electrons. The van der Waals surface area contributed by atoms with E-state index in [1.54, 1.807) is 24.7 Å². The lowest BCUT2D eigenvalue weighted by Gasteiger charge is -2.10. The van der Waals surface area contributed by atoms with Gasteiger partial charge in [0.2, 0.25) is 0 Å². The molecule has 4 aromatic rings. The van der Waals surface area contributed by atoms with Crippen molar-refractivity contribution >= 4 is 5.78 Å². The van der Waals surface area contributed by atoms with E-state index in [-0.39, 0.29) is 11.3 Å². The number of imidazole rings is 1. The normalized spacial score (nSPS) is 10.9. The fraction of sp³-hybridized carbons (Fsp3) is 0.222. The van der Waals surface area contributed by atoms with Crippen molar-refractivity contribution in [1.82, 2.24) is 14.1 Å². The number of ketones is 1.